The molecular formula is C20H22N2O6S. The minimum Gasteiger partial charge on any atom is -0.457 e. The van der Waals surface area contributed by atoms with E-state index < -0.39 is 20.9 Å². The highest BCUT2D eigenvalue weighted by Crippen LogP contribution is 2.26. The number of benzene rings is 2. The zero-order chi connectivity index (χ0) is 21.0. The minimum absolute atomic E-state index is 0.0337. The Labute approximate surface area is 169 Å². The van der Waals surface area contributed by atoms with E-state index in [9.17, 15) is 23.3 Å². The van der Waals surface area contributed by atoms with Gasteiger partial charge in [-0.3, -0.25) is 10.1 Å². The van der Waals surface area contributed by atoms with Gasteiger partial charge >= 0.3 is 5.97 Å². The van der Waals surface area contributed by atoms with Crippen LogP contribution in [0.4, 0.5) is 5.69 Å². The van der Waals surface area contributed by atoms with Crippen LogP contribution in [-0.2, 0) is 21.4 Å². The van der Waals surface area contributed by atoms with E-state index in [-0.39, 0.29) is 34.4 Å². The molecule has 154 valence electrons. The highest BCUT2D eigenvalue weighted by Gasteiger charge is 2.31. The fourth-order valence-corrected chi connectivity index (χ4v) is 5.13. The molecular weight excluding hydrogens is 396 g/mol. The van der Waals surface area contributed by atoms with E-state index in [4.69, 9.17) is 4.74 Å². The molecule has 0 amide bonds. The molecule has 1 atom stereocenters. The van der Waals surface area contributed by atoms with Crippen molar-refractivity contribution in [3.8, 4) is 0 Å². The van der Waals surface area contributed by atoms with Gasteiger partial charge in [0, 0.05) is 18.7 Å². The molecule has 0 radical (unpaired) electrons. The van der Waals surface area contributed by atoms with Crippen molar-refractivity contribution in [2.24, 2.45) is 0 Å². The summed E-state index contributed by atoms with van der Waals surface area (Å²) in [7, 11) is -3.72. The fraction of sp³-hybridized carbons (Fsp3) is 0.350. The van der Waals surface area contributed by atoms with Gasteiger partial charge in [0.1, 0.15) is 6.61 Å². The number of sulfonamides is 1. The molecule has 0 aromatic heterocycles. The van der Waals surface area contributed by atoms with Crippen molar-refractivity contribution >= 4 is 21.7 Å². The maximum atomic E-state index is 13.0. The lowest BCUT2D eigenvalue weighted by Crippen LogP contribution is -2.41. The Bertz CT molecular complexity index is 1020. The Morgan fingerprint density at radius 2 is 1.97 bits per heavy atom. The first-order chi connectivity index (χ1) is 13.8. The fourth-order valence-electron chi connectivity index (χ4n) is 3.39. The van der Waals surface area contributed by atoms with Gasteiger partial charge in [-0.1, -0.05) is 24.6 Å². The molecule has 0 spiro atoms. The molecule has 8 nitrogen and oxygen atoms in total. The van der Waals surface area contributed by atoms with Crippen molar-refractivity contribution in [2.75, 3.05) is 6.54 Å². The molecule has 1 saturated heterocycles. The number of nitrogens with zero attached hydrogens (tertiary/aromatic N) is 2. The zero-order valence-corrected chi connectivity index (χ0v) is 16.8. The van der Waals surface area contributed by atoms with E-state index in [1.165, 1.54) is 46.8 Å². The summed E-state index contributed by atoms with van der Waals surface area (Å²) in [6.07, 6.45) is 2.60. The van der Waals surface area contributed by atoms with Crippen LogP contribution in [0.3, 0.4) is 0 Å². The van der Waals surface area contributed by atoms with E-state index in [2.05, 4.69) is 0 Å². The number of carbonyl (C=O) groups excluding carboxylic acids is 1. The van der Waals surface area contributed by atoms with Crippen LogP contribution in [-0.4, -0.2) is 36.2 Å². The molecule has 0 saturated carbocycles. The molecule has 3 rings (SSSR count). The molecule has 29 heavy (non-hydrogen) atoms. The van der Waals surface area contributed by atoms with Crippen LogP contribution in [0.2, 0.25) is 0 Å². The normalized spacial score (nSPS) is 17.6. The third-order valence-electron chi connectivity index (χ3n) is 4.97. The van der Waals surface area contributed by atoms with E-state index in [1.807, 2.05) is 6.92 Å². The predicted octanol–water partition coefficient (Wildman–Crippen LogP) is 3.51. The molecule has 9 heteroatoms. The summed E-state index contributed by atoms with van der Waals surface area (Å²) in [6.45, 7) is 2.05. The topological polar surface area (TPSA) is 107 Å². The molecule has 0 unspecified atom stereocenters. The second kappa shape index (κ2) is 8.71. The third kappa shape index (κ3) is 4.63. The van der Waals surface area contributed by atoms with Gasteiger partial charge < -0.3 is 4.74 Å². The molecule has 1 fully saturated rings. The second-order valence-corrected chi connectivity index (χ2v) is 8.84. The van der Waals surface area contributed by atoms with Crippen molar-refractivity contribution < 1.29 is 22.9 Å². The standard InChI is InChI=1S/C20H22N2O6S/c1-15-7-4-5-12-21(15)29(26,27)18-10-6-9-16(13-18)20(23)28-14-17-8-2-3-11-19(17)22(24)25/h2-3,6,8-11,13,15H,4-5,7,12,14H2,1H3/t15-/m0/s1. The van der Waals surface area contributed by atoms with Gasteiger partial charge in [0.15, 0.2) is 0 Å². The van der Waals surface area contributed by atoms with Crippen molar-refractivity contribution in [3.05, 3.63) is 69.8 Å². The van der Waals surface area contributed by atoms with Crippen molar-refractivity contribution in [3.63, 3.8) is 0 Å². The summed E-state index contributed by atoms with van der Waals surface area (Å²) >= 11 is 0. The van der Waals surface area contributed by atoms with Gasteiger partial charge in [-0.15, -0.1) is 0 Å². The minimum atomic E-state index is -3.72. The Morgan fingerprint density at radius 1 is 1.21 bits per heavy atom. The number of para-hydroxylation sites is 1. The van der Waals surface area contributed by atoms with Crippen LogP contribution in [0, 0.1) is 10.1 Å². The highest BCUT2D eigenvalue weighted by atomic mass is 32.2. The molecule has 1 heterocycles. The number of hydrogen-bond acceptors (Lipinski definition) is 6. The second-order valence-electron chi connectivity index (χ2n) is 6.95. The van der Waals surface area contributed by atoms with Crippen molar-refractivity contribution in [1.82, 2.24) is 4.31 Å². The average molecular weight is 418 g/mol. The van der Waals surface area contributed by atoms with Gasteiger partial charge in [0.2, 0.25) is 10.0 Å². The number of hydrogen-bond donors (Lipinski definition) is 0. The Hall–Kier alpha value is -2.78. The van der Waals surface area contributed by atoms with E-state index in [0.717, 1.165) is 19.3 Å². The van der Waals surface area contributed by atoms with Crippen LogP contribution in [0.15, 0.2) is 53.4 Å². The third-order valence-corrected chi connectivity index (χ3v) is 6.97. The number of esters is 1. The number of ether oxygens (including phenoxy) is 1. The molecule has 1 aliphatic rings. The van der Waals surface area contributed by atoms with Gasteiger partial charge in [-0.25, -0.2) is 13.2 Å². The molecule has 2 aromatic carbocycles. The van der Waals surface area contributed by atoms with Gasteiger partial charge in [0.05, 0.1) is 20.9 Å². The molecule has 0 N–H and O–H groups in total. The van der Waals surface area contributed by atoms with Gasteiger partial charge in [0.25, 0.3) is 5.69 Å². The lowest BCUT2D eigenvalue weighted by atomic mass is 10.1. The number of nitro benzene ring substituents is 1. The first-order valence-electron chi connectivity index (χ1n) is 9.32. The van der Waals surface area contributed by atoms with Crippen LogP contribution in [0.5, 0.6) is 0 Å². The van der Waals surface area contributed by atoms with E-state index >= 15 is 0 Å². The molecule has 2 aromatic rings. The van der Waals surface area contributed by atoms with E-state index in [0.29, 0.717) is 6.54 Å². The van der Waals surface area contributed by atoms with Crippen LogP contribution < -0.4 is 0 Å². The lowest BCUT2D eigenvalue weighted by Gasteiger charge is -2.32. The number of carbonyl (C=O) groups is 1. The summed E-state index contributed by atoms with van der Waals surface area (Å²) < 4.78 is 32.6. The van der Waals surface area contributed by atoms with Crippen LogP contribution in [0.1, 0.15) is 42.1 Å². The Kier molecular flexibility index (Phi) is 6.29. The highest BCUT2D eigenvalue weighted by molar-refractivity contribution is 7.89. The zero-order valence-electron chi connectivity index (χ0n) is 16.0. The summed E-state index contributed by atoms with van der Waals surface area (Å²) in [5, 5.41) is 11.1. The predicted molar refractivity (Wildman–Crippen MR) is 106 cm³/mol. The quantitative estimate of drug-likeness (QED) is 0.404. The number of piperidine rings is 1. The summed E-state index contributed by atoms with van der Waals surface area (Å²) in [5.74, 6) is -0.744. The van der Waals surface area contributed by atoms with Gasteiger partial charge in [-0.2, -0.15) is 4.31 Å². The molecule has 0 aliphatic carbocycles. The van der Waals surface area contributed by atoms with Crippen LogP contribution in [0.25, 0.3) is 0 Å². The van der Waals surface area contributed by atoms with Gasteiger partial charge in [-0.05, 0) is 44.0 Å². The Balaban J connectivity index is 1.77. The number of nitro groups is 1. The molecule has 0 bridgehead atoms. The maximum absolute atomic E-state index is 13.0. The first-order valence-corrected chi connectivity index (χ1v) is 10.8. The lowest BCUT2D eigenvalue weighted by molar-refractivity contribution is -0.385. The molecule has 1 aliphatic heterocycles. The summed E-state index contributed by atoms with van der Waals surface area (Å²) in [4.78, 5) is 23.0. The summed E-state index contributed by atoms with van der Waals surface area (Å²) in [5.41, 5.74) is 0.196. The number of rotatable bonds is 6. The monoisotopic (exact) mass is 418 g/mol. The average Bonchev–Trinajstić information content (AvgIpc) is 2.72. The summed E-state index contributed by atoms with van der Waals surface area (Å²) in [6, 6.07) is 11.6. The smallest absolute Gasteiger partial charge is 0.338 e. The maximum Gasteiger partial charge on any atom is 0.338 e. The van der Waals surface area contributed by atoms with Crippen molar-refractivity contribution in [2.45, 2.75) is 43.7 Å². The van der Waals surface area contributed by atoms with Crippen LogP contribution >= 0.6 is 0 Å². The first kappa shape index (κ1) is 20.9. The Morgan fingerprint density at radius 3 is 2.69 bits per heavy atom. The SMILES string of the molecule is C[C@H]1CCCCN1S(=O)(=O)c1cccc(C(=O)OCc2ccccc2[N+](=O)[O-])c1. The van der Waals surface area contributed by atoms with Crippen molar-refractivity contribution in [1.29, 1.82) is 0 Å². The van der Waals surface area contributed by atoms with E-state index in [1.54, 1.807) is 6.07 Å². The largest absolute Gasteiger partial charge is 0.457 e.